The second kappa shape index (κ2) is 8.46. The standard InChI is InChI=1S/C20H12Cl2F2N2O3/c21-12-4-2-5-13(22)18(12)29-19(25)11-3-1-6-14(23)17(11)26-16-8-7-10(20(27)28)9-15(16)24/h1-9,25-26H,(H,27,28). The van der Waals surface area contributed by atoms with Gasteiger partial charge >= 0.3 is 5.97 Å². The van der Waals surface area contributed by atoms with Crippen molar-refractivity contribution >= 4 is 46.4 Å². The van der Waals surface area contributed by atoms with Gasteiger partial charge in [-0.2, -0.15) is 0 Å². The van der Waals surface area contributed by atoms with Crippen LogP contribution >= 0.6 is 23.2 Å². The summed E-state index contributed by atoms with van der Waals surface area (Å²) in [6.45, 7) is 0. The molecule has 3 aromatic carbocycles. The van der Waals surface area contributed by atoms with Crippen molar-refractivity contribution in [1.29, 1.82) is 5.41 Å². The molecular formula is C20H12Cl2F2N2O3. The van der Waals surface area contributed by atoms with Gasteiger partial charge in [0, 0.05) is 0 Å². The van der Waals surface area contributed by atoms with Crippen LogP contribution in [0.3, 0.4) is 0 Å². The van der Waals surface area contributed by atoms with Crippen LogP contribution in [0.2, 0.25) is 10.0 Å². The van der Waals surface area contributed by atoms with Gasteiger partial charge in [0.15, 0.2) is 5.75 Å². The summed E-state index contributed by atoms with van der Waals surface area (Å²) in [5.41, 5.74) is -0.693. The molecule has 0 unspecified atom stereocenters. The van der Waals surface area contributed by atoms with E-state index in [1.54, 1.807) is 6.07 Å². The van der Waals surface area contributed by atoms with Gasteiger partial charge in [0.25, 0.3) is 0 Å². The Morgan fingerprint density at radius 2 is 1.66 bits per heavy atom. The van der Waals surface area contributed by atoms with Gasteiger partial charge in [-0.3, -0.25) is 5.41 Å². The third kappa shape index (κ3) is 4.47. The number of hydrogen-bond donors (Lipinski definition) is 3. The zero-order valence-corrected chi connectivity index (χ0v) is 16.0. The van der Waals surface area contributed by atoms with E-state index in [1.807, 2.05) is 0 Å². The number of hydrogen-bond acceptors (Lipinski definition) is 4. The highest BCUT2D eigenvalue weighted by atomic mass is 35.5. The maximum Gasteiger partial charge on any atom is 0.335 e. The lowest BCUT2D eigenvalue weighted by Gasteiger charge is -2.16. The number of aromatic carboxylic acids is 1. The van der Waals surface area contributed by atoms with E-state index in [0.717, 1.165) is 18.2 Å². The van der Waals surface area contributed by atoms with E-state index in [1.165, 1.54) is 30.3 Å². The molecule has 0 heterocycles. The molecule has 0 spiro atoms. The molecule has 0 bridgehead atoms. The fourth-order valence-electron chi connectivity index (χ4n) is 2.46. The van der Waals surface area contributed by atoms with Crippen molar-refractivity contribution in [2.75, 3.05) is 5.32 Å². The van der Waals surface area contributed by atoms with Gasteiger partial charge in [0.2, 0.25) is 5.90 Å². The van der Waals surface area contributed by atoms with Crippen LogP contribution in [0.1, 0.15) is 15.9 Å². The lowest BCUT2D eigenvalue weighted by atomic mass is 10.1. The molecule has 0 radical (unpaired) electrons. The van der Waals surface area contributed by atoms with Crippen LogP contribution in [0.4, 0.5) is 20.2 Å². The van der Waals surface area contributed by atoms with Crippen molar-refractivity contribution in [1.82, 2.24) is 0 Å². The predicted molar refractivity (Wildman–Crippen MR) is 107 cm³/mol. The molecule has 3 N–H and O–H groups in total. The minimum absolute atomic E-state index is 0.0213. The van der Waals surface area contributed by atoms with Crippen molar-refractivity contribution < 1.29 is 23.4 Å². The Kier molecular flexibility index (Phi) is 6.00. The monoisotopic (exact) mass is 436 g/mol. The number of para-hydroxylation sites is 2. The number of carboxylic acids is 1. The molecular weight excluding hydrogens is 425 g/mol. The molecule has 0 aromatic heterocycles. The van der Waals surface area contributed by atoms with E-state index in [9.17, 15) is 13.6 Å². The number of nitrogens with one attached hydrogen (secondary N) is 2. The third-order valence-corrected chi connectivity index (χ3v) is 4.45. The van der Waals surface area contributed by atoms with Gasteiger partial charge < -0.3 is 15.2 Å². The maximum atomic E-state index is 14.4. The Morgan fingerprint density at radius 1 is 1.00 bits per heavy atom. The Bertz CT molecular complexity index is 1100. The van der Waals surface area contributed by atoms with Crippen LogP contribution in [0.25, 0.3) is 0 Å². The van der Waals surface area contributed by atoms with E-state index in [-0.39, 0.29) is 38.3 Å². The molecule has 5 nitrogen and oxygen atoms in total. The number of anilines is 2. The van der Waals surface area contributed by atoms with Crippen LogP contribution < -0.4 is 10.1 Å². The third-order valence-electron chi connectivity index (χ3n) is 3.86. The van der Waals surface area contributed by atoms with Crippen molar-refractivity contribution in [2.24, 2.45) is 0 Å². The molecule has 0 saturated heterocycles. The average Bonchev–Trinajstić information content (AvgIpc) is 2.67. The molecule has 9 heteroatoms. The molecule has 0 aliphatic rings. The molecule has 0 aliphatic heterocycles. The predicted octanol–water partition coefficient (Wildman–Crippen LogP) is 6.12. The summed E-state index contributed by atoms with van der Waals surface area (Å²) in [6, 6.07) is 11.6. The summed E-state index contributed by atoms with van der Waals surface area (Å²) in [4.78, 5) is 10.9. The smallest absolute Gasteiger partial charge is 0.335 e. The summed E-state index contributed by atoms with van der Waals surface area (Å²) < 4.78 is 34.1. The maximum absolute atomic E-state index is 14.4. The van der Waals surface area contributed by atoms with Crippen molar-refractivity contribution in [3.8, 4) is 5.75 Å². The van der Waals surface area contributed by atoms with E-state index >= 15 is 0 Å². The van der Waals surface area contributed by atoms with Gasteiger partial charge in [-0.1, -0.05) is 35.3 Å². The SMILES string of the molecule is N=C(Oc1c(Cl)cccc1Cl)c1cccc(F)c1Nc1ccc(C(=O)O)cc1F. The molecule has 3 aromatic rings. The highest BCUT2D eigenvalue weighted by Gasteiger charge is 2.18. The Hall–Kier alpha value is -3.16. The summed E-state index contributed by atoms with van der Waals surface area (Å²) in [5.74, 6) is -3.44. The molecule has 0 fully saturated rings. The van der Waals surface area contributed by atoms with E-state index < -0.39 is 23.5 Å². The number of ether oxygens (including phenoxy) is 1. The van der Waals surface area contributed by atoms with Crippen LogP contribution in [0.15, 0.2) is 54.6 Å². The average molecular weight is 437 g/mol. The van der Waals surface area contributed by atoms with Crippen molar-refractivity contribution in [2.45, 2.75) is 0 Å². The first-order chi connectivity index (χ1) is 13.8. The van der Waals surface area contributed by atoms with Gasteiger partial charge in [-0.25, -0.2) is 13.6 Å². The van der Waals surface area contributed by atoms with Crippen molar-refractivity contribution in [3.05, 3.63) is 87.4 Å². The second-order valence-electron chi connectivity index (χ2n) is 5.77. The van der Waals surface area contributed by atoms with Gasteiger partial charge in [-0.05, 0) is 42.5 Å². The minimum atomic E-state index is -1.30. The number of carboxylic acid groups (broad SMARTS) is 1. The molecule has 0 atom stereocenters. The largest absolute Gasteiger partial charge is 0.478 e. The second-order valence-corrected chi connectivity index (χ2v) is 6.58. The first-order valence-corrected chi connectivity index (χ1v) is 8.82. The molecule has 148 valence electrons. The zero-order valence-electron chi connectivity index (χ0n) is 14.5. The molecule has 0 amide bonds. The molecule has 29 heavy (non-hydrogen) atoms. The van der Waals surface area contributed by atoms with Crippen LogP contribution in [0, 0.1) is 17.0 Å². The minimum Gasteiger partial charge on any atom is -0.478 e. The van der Waals surface area contributed by atoms with Crippen LogP contribution in [-0.4, -0.2) is 17.0 Å². The zero-order chi connectivity index (χ0) is 21.1. The molecule has 3 rings (SSSR count). The quantitative estimate of drug-likeness (QED) is 0.332. The number of rotatable bonds is 5. The highest BCUT2D eigenvalue weighted by molar-refractivity contribution is 6.37. The van der Waals surface area contributed by atoms with Gasteiger partial charge in [0.05, 0.1) is 32.5 Å². The fourth-order valence-corrected chi connectivity index (χ4v) is 2.94. The van der Waals surface area contributed by atoms with Crippen LogP contribution in [-0.2, 0) is 0 Å². The summed E-state index contributed by atoms with van der Waals surface area (Å²) >= 11 is 12.1. The Balaban J connectivity index is 1.96. The Labute approximate surface area is 174 Å². The number of carbonyl (C=O) groups is 1. The first-order valence-electron chi connectivity index (χ1n) is 8.07. The van der Waals surface area contributed by atoms with E-state index in [4.69, 9.17) is 38.5 Å². The summed E-state index contributed by atoms with van der Waals surface area (Å²) in [7, 11) is 0. The summed E-state index contributed by atoms with van der Waals surface area (Å²) in [5, 5.41) is 20.0. The lowest BCUT2D eigenvalue weighted by Crippen LogP contribution is -2.13. The first kappa shape index (κ1) is 20.6. The van der Waals surface area contributed by atoms with Gasteiger partial charge in [-0.15, -0.1) is 0 Å². The van der Waals surface area contributed by atoms with Crippen LogP contribution in [0.5, 0.6) is 5.75 Å². The van der Waals surface area contributed by atoms with E-state index in [0.29, 0.717) is 0 Å². The lowest BCUT2D eigenvalue weighted by molar-refractivity contribution is 0.0696. The number of halogens is 4. The molecule has 0 aliphatic carbocycles. The fraction of sp³-hybridized carbons (Fsp3) is 0. The molecule has 0 saturated carbocycles. The Morgan fingerprint density at radius 3 is 2.28 bits per heavy atom. The van der Waals surface area contributed by atoms with E-state index in [2.05, 4.69) is 5.32 Å². The van der Waals surface area contributed by atoms with Crippen molar-refractivity contribution in [3.63, 3.8) is 0 Å². The highest BCUT2D eigenvalue weighted by Crippen LogP contribution is 2.34. The van der Waals surface area contributed by atoms with Gasteiger partial charge in [0.1, 0.15) is 11.6 Å². The topological polar surface area (TPSA) is 82.4 Å². The number of benzene rings is 3. The normalized spacial score (nSPS) is 10.5. The summed E-state index contributed by atoms with van der Waals surface area (Å²) in [6.07, 6.45) is 0.